The summed E-state index contributed by atoms with van der Waals surface area (Å²) < 4.78 is 5.71. The molecule has 0 bridgehead atoms. The van der Waals surface area contributed by atoms with Gasteiger partial charge in [0.25, 0.3) is 0 Å². The molecule has 1 heterocycles. The van der Waals surface area contributed by atoms with Gasteiger partial charge in [0.2, 0.25) is 0 Å². The average molecular weight is 341 g/mol. The smallest absolute Gasteiger partial charge is 0.410 e. The van der Waals surface area contributed by atoms with Gasteiger partial charge in [0.15, 0.2) is 0 Å². The van der Waals surface area contributed by atoms with E-state index in [1.54, 1.807) is 5.57 Å². The molecule has 1 aromatic carbocycles. The van der Waals surface area contributed by atoms with Crippen molar-refractivity contribution >= 4 is 6.09 Å². The van der Waals surface area contributed by atoms with Crippen molar-refractivity contribution in [1.82, 2.24) is 4.90 Å². The van der Waals surface area contributed by atoms with Crippen LogP contribution in [-0.4, -0.2) is 29.2 Å². The van der Waals surface area contributed by atoms with Gasteiger partial charge >= 0.3 is 6.09 Å². The van der Waals surface area contributed by atoms with Crippen molar-refractivity contribution in [2.45, 2.75) is 77.9 Å². The third kappa shape index (κ3) is 4.45. The van der Waals surface area contributed by atoms with Crippen LogP contribution >= 0.6 is 0 Å². The lowest BCUT2D eigenvalue weighted by Gasteiger charge is -2.41. The van der Waals surface area contributed by atoms with Crippen LogP contribution in [0.5, 0.6) is 0 Å². The molecule has 3 nitrogen and oxygen atoms in total. The van der Waals surface area contributed by atoms with Crippen LogP contribution in [0.2, 0.25) is 0 Å². The zero-order valence-electron chi connectivity index (χ0n) is 16.1. The molecule has 1 aliphatic heterocycles. The fourth-order valence-electron chi connectivity index (χ4n) is 4.00. The SMILES string of the molecule is Cc1ccc(CC2C3=C(CCCC3)CCN2C(=O)OC(C)(C)C)cc1. The van der Waals surface area contributed by atoms with Gasteiger partial charge in [0, 0.05) is 6.54 Å². The lowest BCUT2D eigenvalue weighted by Crippen LogP contribution is -2.48. The number of hydrogen-bond donors (Lipinski definition) is 0. The van der Waals surface area contributed by atoms with Crippen LogP contribution in [0.4, 0.5) is 4.79 Å². The van der Waals surface area contributed by atoms with E-state index in [0.717, 1.165) is 25.8 Å². The zero-order valence-corrected chi connectivity index (χ0v) is 16.1. The molecule has 136 valence electrons. The van der Waals surface area contributed by atoms with Crippen molar-refractivity contribution in [1.29, 1.82) is 0 Å². The minimum Gasteiger partial charge on any atom is -0.444 e. The second-order valence-corrected chi connectivity index (χ2v) is 8.47. The van der Waals surface area contributed by atoms with Gasteiger partial charge in [0.05, 0.1) is 6.04 Å². The van der Waals surface area contributed by atoms with Gasteiger partial charge in [-0.3, -0.25) is 0 Å². The number of carbonyl (C=O) groups is 1. The lowest BCUT2D eigenvalue weighted by molar-refractivity contribution is 0.0171. The van der Waals surface area contributed by atoms with E-state index in [-0.39, 0.29) is 12.1 Å². The molecule has 1 amide bonds. The maximum atomic E-state index is 12.8. The van der Waals surface area contributed by atoms with Crippen molar-refractivity contribution in [3.63, 3.8) is 0 Å². The number of amides is 1. The molecule has 3 heteroatoms. The Kier molecular flexibility index (Phi) is 5.21. The van der Waals surface area contributed by atoms with Crippen LogP contribution < -0.4 is 0 Å². The molecular weight excluding hydrogens is 310 g/mol. The number of ether oxygens (including phenoxy) is 1. The van der Waals surface area contributed by atoms with E-state index in [2.05, 4.69) is 31.2 Å². The molecule has 0 spiro atoms. The molecule has 0 saturated carbocycles. The third-order valence-corrected chi connectivity index (χ3v) is 5.24. The number of hydrogen-bond acceptors (Lipinski definition) is 2. The summed E-state index contributed by atoms with van der Waals surface area (Å²) in [7, 11) is 0. The molecule has 0 fully saturated rings. The van der Waals surface area contributed by atoms with Gasteiger partial charge in [0.1, 0.15) is 5.60 Å². The first-order valence-electron chi connectivity index (χ1n) is 9.59. The first kappa shape index (κ1) is 18.0. The number of benzene rings is 1. The minimum atomic E-state index is -0.452. The van der Waals surface area contributed by atoms with E-state index in [1.165, 1.54) is 36.0 Å². The van der Waals surface area contributed by atoms with Crippen molar-refractivity contribution in [3.05, 3.63) is 46.5 Å². The Labute approximate surface area is 152 Å². The van der Waals surface area contributed by atoms with Gasteiger partial charge in [-0.1, -0.05) is 35.4 Å². The van der Waals surface area contributed by atoms with Gasteiger partial charge in [-0.15, -0.1) is 0 Å². The Morgan fingerprint density at radius 3 is 2.48 bits per heavy atom. The Morgan fingerprint density at radius 1 is 1.12 bits per heavy atom. The van der Waals surface area contributed by atoms with E-state index in [1.807, 2.05) is 25.7 Å². The van der Waals surface area contributed by atoms with Crippen LogP contribution in [0.1, 0.15) is 64.0 Å². The summed E-state index contributed by atoms with van der Waals surface area (Å²) in [6.07, 6.45) is 6.61. The van der Waals surface area contributed by atoms with Crippen LogP contribution in [0, 0.1) is 6.92 Å². The largest absolute Gasteiger partial charge is 0.444 e. The van der Waals surface area contributed by atoms with Gasteiger partial charge in [-0.05, 0) is 77.4 Å². The molecule has 3 rings (SSSR count). The van der Waals surface area contributed by atoms with Gasteiger partial charge in [-0.2, -0.15) is 0 Å². The van der Waals surface area contributed by atoms with Gasteiger partial charge in [-0.25, -0.2) is 4.79 Å². The first-order valence-corrected chi connectivity index (χ1v) is 9.59. The van der Waals surface area contributed by atoms with E-state index >= 15 is 0 Å². The summed E-state index contributed by atoms with van der Waals surface area (Å²) in [6.45, 7) is 8.71. The van der Waals surface area contributed by atoms with Crippen molar-refractivity contribution in [3.8, 4) is 0 Å². The molecule has 0 N–H and O–H groups in total. The normalized spacial score (nSPS) is 21.1. The maximum absolute atomic E-state index is 12.8. The number of carbonyl (C=O) groups excluding carboxylic acids is 1. The van der Waals surface area contributed by atoms with Crippen molar-refractivity contribution < 1.29 is 9.53 Å². The summed E-state index contributed by atoms with van der Waals surface area (Å²) >= 11 is 0. The fourth-order valence-corrected chi connectivity index (χ4v) is 4.00. The quantitative estimate of drug-likeness (QED) is 0.672. The summed E-state index contributed by atoms with van der Waals surface area (Å²) in [5.41, 5.74) is 5.22. The highest BCUT2D eigenvalue weighted by Gasteiger charge is 2.35. The minimum absolute atomic E-state index is 0.154. The number of nitrogens with zero attached hydrogens (tertiary/aromatic N) is 1. The predicted molar refractivity (Wildman–Crippen MR) is 102 cm³/mol. The van der Waals surface area contributed by atoms with E-state index in [4.69, 9.17) is 4.74 Å². The predicted octanol–water partition coefficient (Wildman–Crippen LogP) is 5.42. The Bertz CT molecular complexity index is 652. The molecule has 25 heavy (non-hydrogen) atoms. The highest BCUT2D eigenvalue weighted by molar-refractivity contribution is 5.70. The maximum Gasteiger partial charge on any atom is 0.410 e. The van der Waals surface area contributed by atoms with Crippen LogP contribution in [0.15, 0.2) is 35.4 Å². The summed E-state index contributed by atoms with van der Waals surface area (Å²) in [6, 6.07) is 8.86. The summed E-state index contributed by atoms with van der Waals surface area (Å²) in [4.78, 5) is 14.8. The number of aryl methyl sites for hydroxylation is 1. The van der Waals surface area contributed by atoms with Crippen molar-refractivity contribution in [2.75, 3.05) is 6.54 Å². The lowest BCUT2D eigenvalue weighted by atomic mass is 9.80. The number of rotatable bonds is 2. The third-order valence-electron chi connectivity index (χ3n) is 5.24. The second kappa shape index (κ2) is 7.23. The molecule has 1 unspecified atom stereocenters. The molecule has 1 aromatic rings. The topological polar surface area (TPSA) is 29.5 Å². The molecular formula is C22H31NO2. The van der Waals surface area contributed by atoms with Crippen LogP contribution in [0.3, 0.4) is 0 Å². The zero-order chi connectivity index (χ0) is 18.0. The van der Waals surface area contributed by atoms with E-state index in [0.29, 0.717) is 0 Å². The van der Waals surface area contributed by atoms with E-state index in [9.17, 15) is 4.79 Å². The standard InChI is InChI=1S/C22H31NO2/c1-16-9-11-17(12-10-16)15-20-19-8-6-5-7-18(19)13-14-23(20)21(24)25-22(2,3)4/h9-12,20H,5-8,13-15H2,1-4H3. The van der Waals surface area contributed by atoms with Crippen LogP contribution in [0.25, 0.3) is 0 Å². The molecule has 2 aliphatic rings. The average Bonchev–Trinajstić information content (AvgIpc) is 2.55. The monoisotopic (exact) mass is 341 g/mol. The summed E-state index contributed by atoms with van der Waals surface area (Å²) in [5.74, 6) is 0. The fraction of sp³-hybridized carbons (Fsp3) is 0.591. The Morgan fingerprint density at radius 2 is 1.80 bits per heavy atom. The molecule has 0 radical (unpaired) electrons. The second-order valence-electron chi connectivity index (χ2n) is 8.47. The highest BCUT2D eigenvalue weighted by atomic mass is 16.6. The first-order chi connectivity index (χ1) is 11.8. The molecule has 0 aromatic heterocycles. The molecule has 1 aliphatic carbocycles. The van der Waals surface area contributed by atoms with E-state index < -0.39 is 5.60 Å². The van der Waals surface area contributed by atoms with Gasteiger partial charge < -0.3 is 9.64 Å². The molecule has 1 atom stereocenters. The highest BCUT2D eigenvalue weighted by Crippen LogP contribution is 2.37. The van der Waals surface area contributed by atoms with Crippen molar-refractivity contribution in [2.24, 2.45) is 0 Å². The Hall–Kier alpha value is -1.77. The summed E-state index contributed by atoms with van der Waals surface area (Å²) in [5, 5.41) is 0. The van der Waals surface area contributed by atoms with Crippen LogP contribution in [-0.2, 0) is 11.2 Å². The Balaban J connectivity index is 1.87. The molecule has 0 saturated heterocycles.